The number of benzene rings is 2. The number of phenolic OH excluding ortho intramolecular Hbond substituents is 3. The van der Waals surface area contributed by atoms with Crippen LogP contribution in [-0.2, 0) is 14.2 Å². The van der Waals surface area contributed by atoms with Crippen LogP contribution in [-0.4, -0.2) is 119 Å². The van der Waals surface area contributed by atoms with E-state index in [9.17, 15) is 55.9 Å². The number of rotatable bonds is 6. The van der Waals surface area contributed by atoms with Gasteiger partial charge >= 0.3 is 5.97 Å². The minimum absolute atomic E-state index is 0.0764. The van der Waals surface area contributed by atoms with Crippen molar-refractivity contribution >= 4 is 11.0 Å². The molecular weight excluding hydrogens is 568 g/mol. The lowest BCUT2D eigenvalue weighted by atomic mass is 9.97. The molecule has 5 rings (SSSR count). The smallest absolute Gasteiger partial charge is 0.355 e. The summed E-state index contributed by atoms with van der Waals surface area (Å²) < 4.78 is 26.8. The number of aromatic hydroxyl groups is 3. The van der Waals surface area contributed by atoms with Crippen molar-refractivity contribution in [3.05, 3.63) is 46.6 Å². The summed E-state index contributed by atoms with van der Waals surface area (Å²) in [7, 11) is 0. The molecule has 0 spiro atoms. The zero-order valence-electron chi connectivity index (χ0n) is 21.4. The standard InChI is InChI=1S/C26H28O16/c27-11-2-1-9(3-12(11)28)16-6-14(30)19-13(29)4-10(5-17(19)40-16)41-26(37)24(36)22(34)21(33)18(42-26)8-39-25-23(35)20(32)15(31)7-38-25/h1-6,15,18,20-25,27-29,31-37H,7-8H2/t15-,18-,20+,21+,22-,23+,24+,25-,26-/m0/s1. The van der Waals surface area contributed by atoms with Crippen molar-refractivity contribution in [3.8, 4) is 34.3 Å². The quantitative estimate of drug-likeness (QED) is 0.104. The van der Waals surface area contributed by atoms with E-state index < -0.39 is 90.0 Å². The summed E-state index contributed by atoms with van der Waals surface area (Å²) in [6.45, 7) is -1.07. The Labute approximate surface area is 235 Å². The lowest BCUT2D eigenvalue weighted by Crippen LogP contribution is -2.67. The second-order valence-corrected chi connectivity index (χ2v) is 9.89. The zero-order chi connectivity index (χ0) is 30.5. The van der Waals surface area contributed by atoms with Gasteiger partial charge in [0.1, 0.15) is 64.9 Å². The highest BCUT2D eigenvalue weighted by molar-refractivity contribution is 5.86. The van der Waals surface area contributed by atoms with Crippen LogP contribution in [0.1, 0.15) is 0 Å². The molecule has 3 heterocycles. The molecule has 16 nitrogen and oxygen atoms in total. The second-order valence-electron chi connectivity index (χ2n) is 9.89. The number of phenols is 3. The van der Waals surface area contributed by atoms with Gasteiger partial charge in [0.2, 0.25) is 0 Å². The Morgan fingerprint density at radius 2 is 1.60 bits per heavy atom. The Morgan fingerprint density at radius 1 is 0.857 bits per heavy atom. The van der Waals surface area contributed by atoms with Crippen LogP contribution in [0.3, 0.4) is 0 Å². The molecule has 228 valence electrons. The van der Waals surface area contributed by atoms with Gasteiger partial charge in [0.25, 0.3) is 0 Å². The van der Waals surface area contributed by atoms with Crippen molar-refractivity contribution in [2.45, 2.75) is 55.0 Å². The van der Waals surface area contributed by atoms with Crippen LogP contribution in [0, 0.1) is 0 Å². The summed E-state index contributed by atoms with van der Waals surface area (Å²) in [5, 5.41) is 101. The fourth-order valence-electron chi connectivity index (χ4n) is 4.60. The molecule has 1 aromatic heterocycles. The molecule has 0 aliphatic carbocycles. The molecule has 2 aliphatic rings. The van der Waals surface area contributed by atoms with Crippen molar-refractivity contribution in [1.82, 2.24) is 0 Å². The minimum Gasteiger partial charge on any atom is -0.507 e. The van der Waals surface area contributed by atoms with Gasteiger partial charge in [-0.05, 0) is 18.2 Å². The summed E-state index contributed by atoms with van der Waals surface area (Å²) in [5.41, 5.74) is -0.775. The van der Waals surface area contributed by atoms with Gasteiger partial charge in [0.05, 0.1) is 13.2 Å². The van der Waals surface area contributed by atoms with E-state index in [0.717, 1.165) is 30.3 Å². The number of aliphatic hydroxyl groups excluding tert-OH is 6. The van der Waals surface area contributed by atoms with E-state index in [-0.39, 0.29) is 28.9 Å². The van der Waals surface area contributed by atoms with Gasteiger partial charge < -0.3 is 74.4 Å². The third-order valence-corrected chi connectivity index (χ3v) is 6.93. The first-order valence-corrected chi connectivity index (χ1v) is 12.5. The molecule has 2 aliphatic heterocycles. The fourth-order valence-corrected chi connectivity index (χ4v) is 4.60. The van der Waals surface area contributed by atoms with Gasteiger partial charge in [-0.25, -0.2) is 0 Å². The third kappa shape index (κ3) is 5.48. The van der Waals surface area contributed by atoms with Gasteiger partial charge in [-0.15, -0.1) is 0 Å². The summed E-state index contributed by atoms with van der Waals surface area (Å²) in [4.78, 5) is 12.7. The van der Waals surface area contributed by atoms with Crippen molar-refractivity contribution in [2.24, 2.45) is 0 Å². The topological polar surface area (TPSA) is 269 Å². The first kappa shape index (κ1) is 29.9. The second kappa shape index (κ2) is 11.3. The molecule has 2 saturated heterocycles. The van der Waals surface area contributed by atoms with E-state index in [1.165, 1.54) is 6.07 Å². The van der Waals surface area contributed by atoms with E-state index in [2.05, 4.69) is 0 Å². The van der Waals surface area contributed by atoms with Gasteiger partial charge in [-0.3, -0.25) is 4.79 Å². The van der Waals surface area contributed by atoms with E-state index in [1.807, 2.05) is 0 Å². The average Bonchev–Trinajstić information content (AvgIpc) is 2.94. The lowest BCUT2D eigenvalue weighted by Gasteiger charge is -2.45. The molecule has 3 aromatic rings. The zero-order valence-corrected chi connectivity index (χ0v) is 21.4. The van der Waals surface area contributed by atoms with Gasteiger partial charge in [0.15, 0.2) is 29.3 Å². The Kier molecular flexibility index (Phi) is 8.03. The Balaban J connectivity index is 1.40. The molecule has 9 atom stereocenters. The monoisotopic (exact) mass is 596 g/mol. The maximum absolute atomic E-state index is 12.7. The minimum atomic E-state index is -3.07. The van der Waals surface area contributed by atoms with Gasteiger partial charge in [0, 0.05) is 23.8 Å². The summed E-state index contributed by atoms with van der Waals surface area (Å²) >= 11 is 0. The van der Waals surface area contributed by atoms with E-state index in [1.54, 1.807) is 0 Å². The molecule has 10 N–H and O–H groups in total. The molecule has 0 unspecified atom stereocenters. The summed E-state index contributed by atoms with van der Waals surface area (Å²) in [5.74, 6) is -5.14. The first-order chi connectivity index (χ1) is 19.8. The maximum atomic E-state index is 12.7. The van der Waals surface area contributed by atoms with Crippen LogP contribution in [0.4, 0.5) is 0 Å². The number of fused-ring (bicyclic) bond motifs is 1. The van der Waals surface area contributed by atoms with Crippen molar-refractivity contribution in [3.63, 3.8) is 0 Å². The predicted octanol–water partition coefficient (Wildman–Crippen LogP) is -2.46. The number of aliphatic hydroxyl groups is 7. The van der Waals surface area contributed by atoms with Crippen LogP contribution in [0.25, 0.3) is 22.3 Å². The summed E-state index contributed by atoms with van der Waals surface area (Å²) in [6.07, 6.45) is -14.0. The third-order valence-electron chi connectivity index (χ3n) is 6.93. The van der Waals surface area contributed by atoms with Crippen LogP contribution < -0.4 is 10.2 Å². The van der Waals surface area contributed by atoms with Crippen LogP contribution in [0.5, 0.6) is 23.0 Å². The highest BCUT2D eigenvalue weighted by Crippen LogP contribution is 2.37. The SMILES string of the molecule is O=c1cc(-c2ccc(O)c(O)c2)oc2cc(O[C@]3(O)O[C@@H](CO[C@@H]4OC[C@H](O)[C@@H](O)[C@H]4O)[C@@H](O)[C@H](O)[C@H]3O)cc(O)c12. The fraction of sp³-hybridized carbons (Fsp3) is 0.423. The Hall–Kier alpha value is -3.55. The molecule has 0 saturated carbocycles. The van der Waals surface area contributed by atoms with E-state index in [0.29, 0.717) is 0 Å². The number of hydrogen-bond donors (Lipinski definition) is 10. The molecule has 0 radical (unpaired) electrons. The molecule has 16 heteroatoms. The molecule has 0 bridgehead atoms. The maximum Gasteiger partial charge on any atom is 0.355 e. The van der Waals surface area contributed by atoms with E-state index in [4.69, 9.17) is 23.4 Å². The highest BCUT2D eigenvalue weighted by Gasteiger charge is 2.55. The Bertz CT molecular complexity index is 1510. The predicted molar refractivity (Wildman–Crippen MR) is 135 cm³/mol. The van der Waals surface area contributed by atoms with Crippen molar-refractivity contribution in [1.29, 1.82) is 0 Å². The largest absolute Gasteiger partial charge is 0.507 e. The van der Waals surface area contributed by atoms with Crippen molar-refractivity contribution in [2.75, 3.05) is 13.2 Å². The molecule has 2 aromatic carbocycles. The average molecular weight is 596 g/mol. The first-order valence-electron chi connectivity index (χ1n) is 12.5. The Morgan fingerprint density at radius 3 is 2.31 bits per heavy atom. The number of ether oxygens (including phenoxy) is 4. The molecule has 2 fully saturated rings. The van der Waals surface area contributed by atoms with Crippen LogP contribution >= 0.6 is 0 Å². The normalized spacial score (nSPS) is 33.5. The highest BCUT2D eigenvalue weighted by atomic mass is 16.8. The van der Waals surface area contributed by atoms with Crippen LogP contribution in [0.2, 0.25) is 0 Å². The van der Waals surface area contributed by atoms with Crippen molar-refractivity contribution < 1.29 is 74.4 Å². The molecule has 42 heavy (non-hydrogen) atoms. The van der Waals surface area contributed by atoms with Crippen LogP contribution in [0.15, 0.2) is 45.6 Å². The van der Waals surface area contributed by atoms with Gasteiger partial charge in [-0.1, -0.05) is 0 Å². The van der Waals surface area contributed by atoms with Gasteiger partial charge in [-0.2, -0.15) is 0 Å². The number of hydrogen-bond acceptors (Lipinski definition) is 16. The van der Waals surface area contributed by atoms with E-state index >= 15 is 0 Å². The lowest BCUT2D eigenvalue weighted by molar-refractivity contribution is -0.425. The molecular formula is C26H28O16. The summed E-state index contributed by atoms with van der Waals surface area (Å²) in [6, 6.07) is 6.62. The molecule has 0 amide bonds.